The third kappa shape index (κ3) is 4.79. The van der Waals surface area contributed by atoms with Gasteiger partial charge in [-0.1, -0.05) is 31.4 Å². The quantitative estimate of drug-likeness (QED) is 0.568. The molecule has 0 unspecified atom stereocenters. The molecule has 0 saturated heterocycles. The van der Waals surface area contributed by atoms with E-state index in [-0.39, 0.29) is 17.2 Å². The minimum atomic E-state index is -1.25. The minimum Gasteiger partial charge on any atom is -0.451 e. The summed E-state index contributed by atoms with van der Waals surface area (Å²) < 4.78 is 4.98. The van der Waals surface area contributed by atoms with Crippen LogP contribution in [0.1, 0.15) is 59.7 Å². The Morgan fingerprint density at radius 2 is 1.66 bits per heavy atom. The molecule has 0 bridgehead atoms. The molecule has 9 nitrogen and oxygen atoms in total. The van der Waals surface area contributed by atoms with E-state index in [4.69, 9.17) is 4.74 Å². The lowest BCUT2D eigenvalue weighted by Crippen LogP contribution is -2.48. The standard InChI is InChI=1S/C20H23N3O6/c1-12(17(25)22-20(28)21-13-7-3-2-4-8-13)29-16(24)11-23-18(26)14-9-5-6-10-15(14)19(23)27/h5-6,9-10,12-13H,2-4,7-8,11H2,1H3,(H2,21,22,25,28)/t12-/m1/s1. The van der Waals surface area contributed by atoms with Crippen LogP contribution in [0.3, 0.4) is 0 Å². The second kappa shape index (κ2) is 8.85. The number of carbonyl (C=O) groups is 5. The lowest BCUT2D eigenvalue weighted by molar-refractivity contribution is -0.154. The number of amides is 5. The van der Waals surface area contributed by atoms with Crippen molar-refractivity contribution in [2.45, 2.75) is 51.2 Å². The zero-order chi connectivity index (χ0) is 21.0. The number of imide groups is 2. The van der Waals surface area contributed by atoms with Gasteiger partial charge in [-0.2, -0.15) is 0 Å². The summed E-state index contributed by atoms with van der Waals surface area (Å²) in [5.74, 6) is -2.89. The van der Waals surface area contributed by atoms with Crippen molar-refractivity contribution in [1.29, 1.82) is 0 Å². The summed E-state index contributed by atoms with van der Waals surface area (Å²) in [5.41, 5.74) is 0.436. The summed E-state index contributed by atoms with van der Waals surface area (Å²) in [7, 11) is 0. The first-order valence-electron chi connectivity index (χ1n) is 9.63. The second-order valence-electron chi connectivity index (χ2n) is 7.17. The summed E-state index contributed by atoms with van der Waals surface area (Å²) in [6.45, 7) is 0.696. The number of urea groups is 1. The first-order chi connectivity index (χ1) is 13.9. The van der Waals surface area contributed by atoms with Crippen LogP contribution in [0.25, 0.3) is 0 Å². The van der Waals surface area contributed by atoms with E-state index in [0.29, 0.717) is 0 Å². The fourth-order valence-corrected chi connectivity index (χ4v) is 3.48. The molecule has 1 aromatic rings. The fraction of sp³-hybridized carbons (Fsp3) is 0.450. The number of fused-ring (bicyclic) bond motifs is 1. The molecule has 1 atom stereocenters. The Labute approximate surface area is 167 Å². The Morgan fingerprint density at radius 3 is 2.24 bits per heavy atom. The van der Waals surface area contributed by atoms with Crippen molar-refractivity contribution in [2.24, 2.45) is 0 Å². The van der Waals surface area contributed by atoms with Gasteiger partial charge in [-0.3, -0.25) is 29.4 Å². The number of nitrogens with zero attached hydrogens (tertiary/aromatic N) is 1. The first kappa shape index (κ1) is 20.5. The van der Waals surface area contributed by atoms with Gasteiger partial charge in [-0.25, -0.2) is 4.79 Å². The molecular weight excluding hydrogens is 378 g/mol. The second-order valence-corrected chi connectivity index (χ2v) is 7.17. The minimum absolute atomic E-state index is 0.0308. The lowest BCUT2D eigenvalue weighted by atomic mass is 9.96. The maximum absolute atomic E-state index is 12.3. The normalized spacial score (nSPS) is 17.5. The number of benzene rings is 1. The van der Waals surface area contributed by atoms with Gasteiger partial charge in [0, 0.05) is 6.04 Å². The van der Waals surface area contributed by atoms with E-state index >= 15 is 0 Å². The van der Waals surface area contributed by atoms with E-state index in [0.717, 1.165) is 37.0 Å². The lowest BCUT2D eigenvalue weighted by Gasteiger charge is -2.23. The molecule has 5 amide bonds. The zero-order valence-electron chi connectivity index (χ0n) is 16.1. The van der Waals surface area contributed by atoms with Gasteiger partial charge in [0.15, 0.2) is 6.10 Å². The van der Waals surface area contributed by atoms with Crippen molar-refractivity contribution in [2.75, 3.05) is 6.54 Å². The highest BCUT2D eigenvalue weighted by molar-refractivity contribution is 6.22. The third-order valence-corrected chi connectivity index (χ3v) is 5.02. The van der Waals surface area contributed by atoms with Crippen LogP contribution in [0, 0.1) is 0 Å². The predicted octanol–water partition coefficient (Wildman–Crippen LogP) is 1.37. The highest BCUT2D eigenvalue weighted by Gasteiger charge is 2.37. The van der Waals surface area contributed by atoms with E-state index in [9.17, 15) is 24.0 Å². The topological polar surface area (TPSA) is 122 Å². The molecule has 29 heavy (non-hydrogen) atoms. The molecule has 2 aliphatic rings. The summed E-state index contributed by atoms with van der Waals surface area (Å²) >= 11 is 0. The molecule has 1 aromatic carbocycles. The average molecular weight is 401 g/mol. The van der Waals surface area contributed by atoms with Crippen LogP contribution in [0.4, 0.5) is 4.79 Å². The number of esters is 1. The molecule has 0 radical (unpaired) electrons. The molecule has 2 N–H and O–H groups in total. The fourth-order valence-electron chi connectivity index (χ4n) is 3.48. The molecule has 9 heteroatoms. The Balaban J connectivity index is 1.47. The van der Waals surface area contributed by atoms with Gasteiger partial charge in [0.1, 0.15) is 6.54 Å². The summed E-state index contributed by atoms with van der Waals surface area (Å²) in [6.07, 6.45) is 3.68. The van der Waals surface area contributed by atoms with Crippen molar-refractivity contribution in [3.05, 3.63) is 35.4 Å². The van der Waals surface area contributed by atoms with Crippen LogP contribution < -0.4 is 10.6 Å². The Bertz CT molecular complexity index is 811. The highest BCUT2D eigenvalue weighted by Crippen LogP contribution is 2.22. The van der Waals surface area contributed by atoms with E-state index in [1.54, 1.807) is 12.1 Å². The Hall–Kier alpha value is -3.23. The molecule has 0 spiro atoms. The Kier molecular flexibility index (Phi) is 6.26. The molecule has 1 aliphatic heterocycles. The van der Waals surface area contributed by atoms with Gasteiger partial charge in [0.05, 0.1) is 11.1 Å². The van der Waals surface area contributed by atoms with Crippen LogP contribution in [-0.2, 0) is 14.3 Å². The molecule has 1 heterocycles. The highest BCUT2D eigenvalue weighted by atomic mass is 16.5. The molecule has 1 saturated carbocycles. The maximum atomic E-state index is 12.3. The molecule has 154 valence electrons. The number of ether oxygens (including phenoxy) is 1. The molecule has 3 rings (SSSR count). The predicted molar refractivity (Wildman–Crippen MR) is 101 cm³/mol. The van der Waals surface area contributed by atoms with Crippen molar-refractivity contribution in [1.82, 2.24) is 15.5 Å². The van der Waals surface area contributed by atoms with Crippen LogP contribution in [-0.4, -0.2) is 53.3 Å². The summed E-state index contributed by atoms with van der Waals surface area (Å²) in [4.78, 5) is 61.4. The molecule has 1 fully saturated rings. The first-order valence-corrected chi connectivity index (χ1v) is 9.63. The number of rotatable bonds is 5. The van der Waals surface area contributed by atoms with Gasteiger partial charge >= 0.3 is 12.0 Å². The van der Waals surface area contributed by atoms with Crippen molar-refractivity contribution in [3.8, 4) is 0 Å². The van der Waals surface area contributed by atoms with Gasteiger partial charge < -0.3 is 10.1 Å². The van der Waals surface area contributed by atoms with E-state index < -0.39 is 42.4 Å². The Morgan fingerprint density at radius 1 is 1.07 bits per heavy atom. The van der Waals surface area contributed by atoms with E-state index in [1.165, 1.54) is 19.1 Å². The number of nitrogens with one attached hydrogen (secondary N) is 2. The van der Waals surface area contributed by atoms with Crippen LogP contribution in [0.2, 0.25) is 0 Å². The SMILES string of the molecule is C[C@@H](OC(=O)CN1C(=O)c2ccccc2C1=O)C(=O)NC(=O)NC1CCCCC1. The third-order valence-electron chi connectivity index (χ3n) is 5.02. The average Bonchev–Trinajstić information content (AvgIpc) is 2.93. The van der Waals surface area contributed by atoms with E-state index in [1.807, 2.05) is 0 Å². The van der Waals surface area contributed by atoms with Crippen molar-refractivity contribution in [3.63, 3.8) is 0 Å². The monoisotopic (exact) mass is 401 g/mol. The van der Waals surface area contributed by atoms with Crippen LogP contribution in [0.5, 0.6) is 0 Å². The number of hydrogen-bond donors (Lipinski definition) is 2. The number of carbonyl (C=O) groups excluding carboxylic acids is 5. The van der Waals surface area contributed by atoms with Gasteiger partial charge in [0.25, 0.3) is 17.7 Å². The van der Waals surface area contributed by atoms with Crippen LogP contribution >= 0.6 is 0 Å². The maximum Gasteiger partial charge on any atom is 0.326 e. The molecular formula is C20H23N3O6. The summed E-state index contributed by atoms with van der Waals surface area (Å²) in [5, 5.41) is 4.87. The molecule has 0 aromatic heterocycles. The van der Waals surface area contributed by atoms with Crippen molar-refractivity contribution >= 4 is 29.7 Å². The molecule has 1 aliphatic carbocycles. The van der Waals surface area contributed by atoms with Gasteiger partial charge in [-0.05, 0) is 31.9 Å². The van der Waals surface area contributed by atoms with Crippen LogP contribution in [0.15, 0.2) is 24.3 Å². The largest absolute Gasteiger partial charge is 0.451 e. The van der Waals surface area contributed by atoms with Crippen molar-refractivity contribution < 1.29 is 28.7 Å². The van der Waals surface area contributed by atoms with Gasteiger partial charge in [0.2, 0.25) is 0 Å². The number of hydrogen-bond acceptors (Lipinski definition) is 6. The summed E-state index contributed by atoms with van der Waals surface area (Å²) in [6, 6.07) is 5.64. The smallest absolute Gasteiger partial charge is 0.326 e. The zero-order valence-corrected chi connectivity index (χ0v) is 16.1. The van der Waals surface area contributed by atoms with Gasteiger partial charge in [-0.15, -0.1) is 0 Å². The van der Waals surface area contributed by atoms with E-state index in [2.05, 4.69) is 10.6 Å².